The van der Waals surface area contributed by atoms with Crippen LogP contribution in [0, 0.1) is 17.2 Å². The van der Waals surface area contributed by atoms with Gasteiger partial charge < -0.3 is 11.1 Å². The topological polar surface area (TPSA) is 55.1 Å². The van der Waals surface area contributed by atoms with Crippen molar-refractivity contribution in [2.45, 2.75) is 25.7 Å². The average molecular weight is 248 g/mol. The van der Waals surface area contributed by atoms with E-state index in [1.54, 1.807) is 0 Å². The monoisotopic (exact) mass is 248 g/mol. The Bertz CT molecular complexity index is 493. The summed E-state index contributed by atoms with van der Waals surface area (Å²) in [7, 11) is 0. The molecular formula is C14H17FN2O. The highest BCUT2D eigenvalue weighted by atomic mass is 19.1. The molecule has 0 saturated heterocycles. The van der Waals surface area contributed by atoms with Gasteiger partial charge in [-0.1, -0.05) is 0 Å². The van der Waals surface area contributed by atoms with E-state index in [1.165, 1.54) is 43.9 Å². The zero-order valence-corrected chi connectivity index (χ0v) is 10.2. The molecule has 0 spiro atoms. The number of nitrogens with one attached hydrogen (secondary N) is 1. The van der Waals surface area contributed by atoms with Crippen LogP contribution >= 0.6 is 0 Å². The molecule has 4 heteroatoms. The minimum atomic E-state index is -0.483. The van der Waals surface area contributed by atoms with Gasteiger partial charge in [0.25, 0.3) is 5.91 Å². The van der Waals surface area contributed by atoms with Crippen molar-refractivity contribution in [3.8, 4) is 0 Å². The van der Waals surface area contributed by atoms with Crippen molar-refractivity contribution in [1.82, 2.24) is 5.32 Å². The quantitative estimate of drug-likeness (QED) is 0.803. The molecule has 2 aliphatic rings. The summed E-state index contributed by atoms with van der Waals surface area (Å²) in [6.45, 7) is 0.744. The van der Waals surface area contributed by atoms with Crippen molar-refractivity contribution in [3.05, 3.63) is 29.6 Å². The van der Waals surface area contributed by atoms with Crippen LogP contribution in [0.3, 0.4) is 0 Å². The van der Waals surface area contributed by atoms with Crippen LogP contribution in [0.5, 0.6) is 0 Å². The Labute approximate surface area is 106 Å². The van der Waals surface area contributed by atoms with Crippen LogP contribution in [0.1, 0.15) is 36.0 Å². The SMILES string of the molecule is Nc1cc(C(=O)NCC2(C3CC3)CC2)ccc1F. The Morgan fingerprint density at radius 2 is 2.17 bits per heavy atom. The number of nitrogens with two attached hydrogens (primary N) is 1. The summed E-state index contributed by atoms with van der Waals surface area (Å²) in [5.41, 5.74) is 6.28. The molecule has 2 fully saturated rings. The highest BCUT2D eigenvalue weighted by molar-refractivity contribution is 5.95. The van der Waals surface area contributed by atoms with Crippen LogP contribution in [0.15, 0.2) is 18.2 Å². The lowest BCUT2D eigenvalue weighted by atomic mass is 10.0. The van der Waals surface area contributed by atoms with Crippen molar-refractivity contribution in [1.29, 1.82) is 0 Å². The second-order valence-electron chi connectivity index (χ2n) is 5.56. The maximum absolute atomic E-state index is 13.0. The van der Waals surface area contributed by atoms with Gasteiger partial charge in [-0.25, -0.2) is 4.39 Å². The van der Waals surface area contributed by atoms with Crippen LogP contribution in [0.2, 0.25) is 0 Å². The second-order valence-corrected chi connectivity index (χ2v) is 5.56. The number of benzene rings is 1. The predicted molar refractivity (Wildman–Crippen MR) is 67.5 cm³/mol. The summed E-state index contributed by atoms with van der Waals surface area (Å²) in [5, 5.41) is 2.95. The molecular weight excluding hydrogens is 231 g/mol. The lowest BCUT2D eigenvalue weighted by molar-refractivity contribution is 0.0942. The van der Waals surface area contributed by atoms with E-state index in [2.05, 4.69) is 5.32 Å². The molecule has 0 radical (unpaired) electrons. The summed E-state index contributed by atoms with van der Waals surface area (Å²) in [6, 6.07) is 4.09. The summed E-state index contributed by atoms with van der Waals surface area (Å²) < 4.78 is 13.0. The van der Waals surface area contributed by atoms with Crippen LogP contribution in [0.4, 0.5) is 10.1 Å². The van der Waals surface area contributed by atoms with E-state index in [0.29, 0.717) is 11.0 Å². The Balaban J connectivity index is 1.62. The number of amides is 1. The van der Waals surface area contributed by atoms with Gasteiger partial charge in [-0.3, -0.25) is 4.79 Å². The molecule has 0 atom stereocenters. The lowest BCUT2D eigenvalue weighted by Crippen LogP contribution is -2.31. The van der Waals surface area contributed by atoms with Gasteiger partial charge in [-0.2, -0.15) is 0 Å². The zero-order chi connectivity index (χ0) is 12.8. The van der Waals surface area contributed by atoms with Gasteiger partial charge in [-0.15, -0.1) is 0 Å². The minimum Gasteiger partial charge on any atom is -0.396 e. The van der Waals surface area contributed by atoms with Gasteiger partial charge in [0, 0.05) is 12.1 Å². The minimum absolute atomic E-state index is 0.0194. The largest absolute Gasteiger partial charge is 0.396 e. The molecule has 2 aliphatic carbocycles. The molecule has 1 aromatic rings. The first-order chi connectivity index (χ1) is 8.61. The first kappa shape index (κ1) is 11.5. The molecule has 0 bridgehead atoms. The van der Waals surface area contributed by atoms with Crippen LogP contribution in [-0.4, -0.2) is 12.5 Å². The van der Waals surface area contributed by atoms with Crippen molar-refractivity contribution < 1.29 is 9.18 Å². The molecule has 1 aromatic carbocycles. The molecule has 2 saturated carbocycles. The Morgan fingerprint density at radius 1 is 1.44 bits per heavy atom. The van der Waals surface area contributed by atoms with Gasteiger partial charge in [-0.05, 0) is 55.2 Å². The first-order valence-electron chi connectivity index (χ1n) is 6.44. The number of carbonyl (C=O) groups is 1. The maximum atomic E-state index is 13.0. The van der Waals surface area contributed by atoms with Gasteiger partial charge in [0.15, 0.2) is 0 Å². The fraction of sp³-hybridized carbons (Fsp3) is 0.500. The molecule has 3 rings (SSSR count). The van der Waals surface area contributed by atoms with Gasteiger partial charge in [0.05, 0.1) is 5.69 Å². The molecule has 0 unspecified atom stereocenters. The number of halogens is 1. The number of nitrogen functional groups attached to an aromatic ring is 1. The molecule has 0 aromatic heterocycles. The van der Waals surface area contributed by atoms with E-state index in [1.807, 2.05) is 0 Å². The normalized spacial score (nSPS) is 20.5. The van der Waals surface area contributed by atoms with Crippen LogP contribution in [0.25, 0.3) is 0 Å². The van der Waals surface area contributed by atoms with Crippen molar-refractivity contribution in [2.24, 2.45) is 11.3 Å². The van der Waals surface area contributed by atoms with Crippen molar-refractivity contribution >= 4 is 11.6 Å². The molecule has 3 N–H and O–H groups in total. The van der Waals surface area contributed by atoms with E-state index in [9.17, 15) is 9.18 Å². The fourth-order valence-corrected chi connectivity index (χ4v) is 2.63. The van der Waals surface area contributed by atoms with E-state index in [-0.39, 0.29) is 11.6 Å². The molecule has 1 amide bonds. The molecule has 0 heterocycles. The number of hydrogen-bond acceptors (Lipinski definition) is 2. The number of anilines is 1. The van der Waals surface area contributed by atoms with E-state index >= 15 is 0 Å². The Morgan fingerprint density at radius 3 is 2.72 bits per heavy atom. The first-order valence-corrected chi connectivity index (χ1v) is 6.44. The zero-order valence-electron chi connectivity index (χ0n) is 10.2. The predicted octanol–water partition coefficient (Wildman–Crippen LogP) is 2.33. The molecule has 18 heavy (non-hydrogen) atoms. The number of carbonyl (C=O) groups excluding carboxylic acids is 1. The third kappa shape index (κ3) is 2.07. The number of hydrogen-bond donors (Lipinski definition) is 2. The molecule has 96 valence electrons. The third-order valence-corrected chi connectivity index (χ3v) is 4.19. The Kier molecular flexibility index (Phi) is 2.54. The highest BCUT2D eigenvalue weighted by Gasteiger charge is 2.53. The van der Waals surface area contributed by atoms with Gasteiger partial charge in [0.2, 0.25) is 0 Å². The standard InChI is InChI=1S/C14H17FN2O/c15-11-4-1-9(7-12(11)16)13(18)17-8-14(5-6-14)10-2-3-10/h1,4,7,10H,2-3,5-6,8,16H2,(H,17,18). The summed E-state index contributed by atoms with van der Waals surface area (Å²) in [4.78, 5) is 11.9. The van der Waals surface area contributed by atoms with E-state index in [4.69, 9.17) is 5.73 Å². The van der Waals surface area contributed by atoms with Gasteiger partial charge >= 0.3 is 0 Å². The smallest absolute Gasteiger partial charge is 0.251 e. The van der Waals surface area contributed by atoms with Crippen LogP contribution < -0.4 is 11.1 Å². The fourth-order valence-electron chi connectivity index (χ4n) is 2.63. The summed E-state index contributed by atoms with van der Waals surface area (Å²) >= 11 is 0. The third-order valence-electron chi connectivity index (χ3n) is 4.19. The van der Waals surface area contributed by atoms with Crippen molar-refractivity contribution in [2.75, 3.05) is 12.3 Å². The summed E-state index contributed by atoms with van der Waals surface area (Å²) in [5.74, 6) is 0.174. The van der Waals surface area contributed by atoms with E-state index < -0.39 is 5.82 Å². The van der Waals surface area contributed by atoms with Crippen LogP contribution in [-0.2, 0) is 0 Å². The maximum Gasteiger partial charge on any atom is 0.251 e. The molecule has 0 aliphatic heterocycles. The molecule has 3 nitrogen and oxygen atoms in total. The Hall–Kier alpha value is -1.58. The highest BCUT2D eigenvalue weighted by Crippen LogP contribution is 2.60. The van der Waals surface area contributed by atoms with Gasteiger partial charge in [0.1, 0.15) is 5.82 Å². The summed E-state index contributed by atoms with van der Waals surface area (Å²) in [6.07, 6.45) is 5.06. The number of rotatable bonds is 4. The van der Waals surface area contributed by atoms with E-state index in [0.717, 1.165) is 12.5 Å². The second kappa shape index (κ2) is 3.97. The van der Waals surface area contributed by atoms with Crippen molar-refractivity contribution in [3.63, 3.8) is 0 Å². The average Bonchev–Trinajstić information content (AvgIpc) is 3.22. The lowest BCUT2D eigenvalue weighted by Gasteiger charge is -2.15.